The van der Waals surface area contributed by atoms with Gasteiger partial charge in [-0.3, -0.25) is 4.90 Å². The fourth-order valence-electron chi connectivity index (χ4n) is 4.63. The van der Waals surface area contributed by atoms with Crippen molar-refractivity contribution in [2.24, 2.45) is 0 Å². The van der Waals surface area contributed by atoms with Crippen LogP contribution in [-0.2, 0) is 10.0 Å². The quantitative estimate of drug-likeness (QED) is 0.654. The van der Waals surface area contributed by atoms with Crippen molar-refractivity contribution in [2.45, 2.75) is 30.2 Å². The van der Waals surface area contributed by atoms with Crippen molar-refractivity contribution in [2.75, 3.05) is 51.3 Å². The lowest BCUT2D eigenvalue weighted by molar-refractivity contribution is 0.231. The number of benzene rings is 2. The zero-order valence-electron chi connectivity index (χ0n) is 17.9. The summed E-state index contributed by atoms with van der Waals surface area (Å²) in [4.78, 5) is 4.50. The van der Waals surface area contributed by atoms with Gasteiger partial charge in [0.1, 0.15) is 16.5 Å². The van der Waals surface area contributed by atoms with Crippen molar-refractivity contribution >= 4 is 15.7 Å². The summed E-state index contributed by atoms with van der Waals surface area (Å²) in [6, 6.07) is 13.6. The van der Waals surface area contributed by atoms with E-state index in [1.165, 1.54) is 22.5 Å². The molecule has 31 heavy (non-hydrogen) atoms. The van der Waals surface area contributed by atoms with E-state index in [9.17, 15) is 12.8 Å². The van der Waals surface area contributed by atoms with E-state index in [0.29, 0.717) is 6.54 Å². The number of ether oxygens (including phenoxy) is 1. The average Bonchev–Trinajstić information content (AvgIpc) is 3.28. The molecule has 0 N–H and O–H groups in total. The van der Waals surface area contributed by atoms with Crippen molar-refractivity contribution in [3.05, 3.63) is 54.3 Å². The minimum Gasteiger partial charge on any atom is -0.495 e. The van der Waals surface area contributed by atoms with Crippen molar-refractivity contribution in [1.29, 1.82) is 0 Å². The Morgan fingerprint density at radius 2 is 1.71 bits per heavy atom. The fraction of sp³-hybridized carbons (Fsp3) is 0.478. The minimum absolute atomic E-state index is 0.0724. The normalized spacial score (nSPS) is 20.8. The van der Waals surface area contributed by atoms with Crippen LogP contribution in [0.5, 0.6) is 5.75 Å². The van der Waals surface area contributed by atoms with Crippen LogP contribution >= 0.6 is 0 Å². The minimum atomic E-state index is -3.81. The molecule has 2 aromatic carbocycles. The highest BCUT2D eigenvalue weighted by Gasteiger charge is 2.36. The number of piperazine rings is 1. The van der Waals surface area contributed by atoms with Crippen LogP contribution in [0.3, 0.4) is 0 Å². The zero-order chi connectivity index (χ0) is 21.8. The second-order valence-corrected chi connectivity index (χ2v) is 9.99. The van der Waals surface area contributed by atoms with E-state index < -0.39 is 15.8 Å². The molecule has 2 saturated heterocycles. The molecule has 0 unspecified atom stereocenters. The topological polar surface area (TPSA) is 53.1 Å². The first-order valence-corrected chi connectivity index (χ1v) is 12.3. The van der Waals surface area contributed by atoms with Crippen molar-refractivity contribution in [3.8, 4) is 5.75 Å². The van der Waals surface area contributed by atoms with Gasteiger partial charge in [-0.05, 0) is 50.1 Å². The Labute approximate surface area is 184 Å². The molecule has 2 heterocycles. The molecule has 1 atom stereocenters. The summed E-state index contributed by atoms with van der Waals surface area (Å²) in [6.45, 7) is 4.96. The maximum absolute atomic E-state index is 14.1. The van der Waals surface area contributed by atoms with Crippen molar-refractivity contribution < 1.29 is 17.5 Å². The van der Waals surface area contributed by atoms with Gasteiger partial charge in [-0.25, -0.2) is 12.8 Å². The molecule has 2 fully saturated rings. The predicted octanol–water partition coefficient (Wildman–Crippen LogP) is 3.20. The highest BCUT2D eigenvalue weighted by molar-refractivity contribution is 7.89. The van der Waals surface area contributed by atoms with E-state index >= 15 is 0 Å². The summed E-state index contributed by atoms with van der Waals surface area (Å²) in [7, 11) is -2.11. The van der Waals surface area contributed by atoms with Crippen LogP contribution in [0.25, 0.3) is 0 Å². The van der Waals surface area contributed by atoms with E-state index in [-0.39, 0.29) is 10.9 Å². The molecule has 2 aliphatic rings. The van der Waals surface area contributed by atoms with Gasteiger partial charge in [0.05, 0.1) is 12.8 Å². The number of hydrogen-bond donors (Lipinski definition) is 0. The summed E-state index contributed by atoms with van der Waals surface area (Å²) in [5.74, 6) is 0.205. The molecule has 2 aliphatic heterocycles. The number of hydrogen-bond acceptors (Lipinski definition) is 5. The summed E-state index contributed by atoms with van der Waals surface area (Å²) < 4.78 is 47.2. The largest absolute Gasteiger partial charge is 0.495 e. The van der Waals surface area contributed by atoms with E-state index in [2.05, 4.69) is 15.9 Å². The van der Waals surface area contributed by atoms with E-state index in [1.807, 2.05) is 18.2 Å². The maximum atomic E-state index is 14.1. The summed E-state index contributed by atoms with van der Waals surface area (Å²) in [6.07, 6.45) is 2.41. The first-order valence-electron chi connectivity index (χ1n) is 10.9. The lowest BCUT2D eigenvalue weighted by atomic mass is 10.1. The molecule has 4 rings (SSSR count). The van der Waals surface area contributed by atoms with Gasteiger partial charge in [0.25, 0.3) is 0 Å². The van der Waals surface area contributed by atoms with Gasteiger partial charge in [-0.2, -0.15) is 4.31 Å². The highest BCUT2D eigenvalue weighted by atomic mass is 32.2. The highest BCUT2D eigenvalue weighted by Crippen LogP contribution is 2.30. The molecule has 0 spiro atoms. The van der Waals surface area contributed by atoms with E-state index in [1.54, 1.807) is 13.2 Å². The third-order valence-electron chi connectivity index (χ3n) is 6.32. The van der Waals surface area contributed by atoms with Gasteiger partial charge >= 0.3 is 0 Å². The van der Waals surface area contributed by atoms with E-state index in [4.69, 9.17) is 4.74 Å². The SMILES string of the molecule is COc1ccccc1N1CCN(CC[C@H]2CCCN2S(=O)(=O)c2ccccc2[18F])CC1. The third kappa shape index (κ3) is 4.71. The molecule has 168 valence electrons. The molecular weight excluding hydrogens is 416 g/mol. The Morgan fingerprint density at radius 3 is 2.45 bits per heavy atom. The summed E-state index contributed by atoms with van der Waals surface area (Å²) in [5.41, 5.74) is 1.11. The Hall–Kier alpha value is -2.16. The van der Waals surface area contributed by atoms with Gasteiger partial charge in [-0.15, -0.1) is 0 Å². The third-order valence-corrected chi connectivity index (χ3v) is 8.31. The number of sulfonamides is 1. The first kappa shape index (κ1) is 22.0. The first-order chi connectivity index (χ1) is 15.0. The fourth-order valence-corrected chi connectivity index (χ4v) is 6.42. The van der Waals surface area contributed by atoms with Gasteiger partial charge < -0.3 is 9.64 Å². The zero-order valence-corrected chi connectivity index (χ0v) is 18.7. The Bertz CT molecular complexity index is 993. The van der Waals surface area contributed by atoms with Crippen LogP contribution in [0.4, 0.5) is 10.1 Å². The van der Waals surface area contributed by atoms with Crippen LogP contribution in [0.1, 0.15) is 19.3 Å². The van der Waals surface area contributed by atoms with Crippen molar-refractivity contribution in [1.82, 2.24) is 9.21 Å². The van der Waals surface area contributed by atoms with E-state index in [0.717, 1.165) is 63.4 Å². The van der Waals surface area contributed by atoms with Gasteiger partial charge in [0.15, 0.2) is 0 Å². The number of methoxy groups -OCH3 is 1. The van der Waals surface area contributed by atoms with Crippen LogP contribution in [0.15, 0.2) is 53.4 Å². The molecule has 0 amide bonds. The number of rotatable bonds is 7. The second-order valence-electron chi connectivity index (χ2n) is 8.13. The molecular formula is C23H30FN3O3S. The second kappa shape index (κ2) is 9.54. The monoisotopic (exact) mass is 446 g/mol. The van der Waals surface area contributed by atoms with Gasteiger partial charge in [-0.1, -0.05) is 24.3 Å². The van der Waals surface area contributed by atoms with Crippen LogP contribution in [0.2, 0.25) is 0 Å². The average molecular weight is 447 g/mol. The number of halogens is 1. The standard InChI is InChI=1S/C23H30FN3O3S/c1-30-22-10-4-3-9-21(22)26-17-15-25(16-18-26)14-12-19-7-6-13-27(19)31(28,29)23-11-5-2-8-20(23)24/h2-5,8-11,19H,6-7,12-18H2,1H3/t19-/m1/s1/i24-1. The lowest BCUT2D eigenvalue weighted by Gasteiger charge is -2.37. The Morgan fingerprint density at radius 1 is 1.00 bits per heavy atom. The van der Waals surface area contributed by atoms with Gasteiger partial charge in [0, 0.05) is 38.8 Å². The number of para-hydroxylation sites is 2. The maximum Gasteiger partial charge on any atom is 0.246 e. The molecule has 0 radical (unpaired) electrons. The summed E-state index contributed by atoms with van der Waals surface area (Å²) >= 11 is 0. The van der Waals surface area contributed by atoms with Crippen LogP contribution in [-0.4, -0.2) is 70.0 Å². The molecule has 0 aliphatic carbocycles. The molecule has 6 nitrogen and oxygen atoms in total. The summed E-state index contributed by atoms with van der Waals surface area (Å²) in [5, 5.41) is 0. The number of nitrogens with zero attached hydrogens (tertiary/aromatic N) is 3. The molecule has 0 bridgehead atoms. The van der Waals surface area contributed by atoms with Crippen LogP contribution < -0.4 is 9.64 Å². The predicted molar refractivity (Wildman–Crippen MR) is 120 cm³/mol. The van der Waals surface area contributed by atoms with Crippen molar-refractivity contribution in [3.63, 3.8) is 0 Å². The molecule has 8 heteroatoms. The number of anilines is 1. The molecule has 0 saturated carbocycles. The lowest BCUT2D eigenvalue weighted by Crippen LogP contribution is -2.47. The smallest absolute Gasteiger partial charge is 0.246 e. The molecule has 2 aromatic rings. The molecule has 0 aromatic heterocycles. The van der Waals surface area contributed by atoms with Gasteiger partial charge in [0.2, 0.25) is 10.0 Å². The Balaban J connectivity index is 1.34. The Kier molecular flexibility index (Phi) is 6.79. The van der Waals surface area contributed by atoms with Crippen LogP contribution in [0, 0.1) is 5.82 Å².